The maximum Gasteiger partial charge on any atom is 0.410 e. The van der Waals surface area contributed by atoms with Crippen LogP contribution in [-0.2, 0) is 9.53 Å². The van der Waals surface area contributed by atoms with E-state index >= 15 is 0 Å². The molecule has 2 atom stereocenters. The molecule has 1 aliphatic carbocycles. The first-order valence-corrected chi connectivity index (χ1v) is 9.04. The van der Waals surface area contributed by atoms with Gasteiger partial charge in [-0.1, -0.05) is 48.5 Å². The zero-order valence-electron chi connectivity index (χ0n) is 14.7. The Morgan fingerprint density at radius 2 is 1.67 bits per heavy atom. The lowest BCUT2D eigenvalue weighted by Gasteiger charge is -2.33. The Bertz CT molecular complexity index is 838. The van der Waals surface area contributed by atoms with Crippen molar-refractivity contribution in [1.82, 2.24) is 4.90 Å². The van der Waals surface area contributed by atoms with Crippen LogP contribution in [0.1, 0.15) is 29.9 Å². The number of amides is 1. The molecule has 2 unspecified atom stereocenters. The molecule has 1 heterocycles. The van der Waals surface area contributed by atoms with E-state index in [1.165, 1.54) is 0 Å². The summed E-state index contributed by atoms with van der Waals surface area (Å²) in [4.78, 5) is 25.0. The first kappa shape index (κ1) is 17.5. The molecule has 0 aromatic heterocycles. The minimum Gasteiger partial charge on any atom is -0.480 e. The Morgan fingerprint density at radius 3 is 2.26 bits per heavy atom. The number of aliphatic carboxylic acids is 1. The number of rotatable bonds is 3. The van der Waals surface area contributed by atoms with Crippen molar-refractivity contribution < 1.29 is 23.8 Å². The minimum absolute atomic E-state index is 0.0504. The molecule has 5 nitrogen and oxygen atoms in total. The molecule has 1 amide bonds. The van der Waals surface area contributed by atoms with Crippen LogP contribution in [0.25, 0.3) is 11.1 Å². The van der Waals surface area contributed by atoms with Crippen LogP contribution in [0.2, 0.25) is 0 Å². The van der Waals surface area contributed by atoms with Crippen LogP contribution in [0.15, 0.2) is 48.5 Å². The minimum atomic E-state index is -1.20. The molecule has 2 aromatic carbocycles. The van der Waals surface area contributed by atoms with Crippen molar-refractivity contribution in [2.45, 2.75) is 31.0 Å². The number of carbonyl (C=O) groups is 2. The molecule has 27 heavy (non-hydrogen) atoms. The van der Waals surface area contributed by atoms with Crippen molar-refractivity contribution in [3.05, 3.63) is 59.7 Å². The smallest absolute Gasteiger partial charge is 0.410 e. The summed E-state index contributed by atoms with van der Waals surface area (Å²) in [6.45, 7) is 0.170. The Morgan fingerprint density at radius 1 is 1.07 bits per heavy atom. The number of halogens is 1. The van der Waals surface area contributed by atoms with Gasteiger partial charge in [0.05, 0.1) is 0 Å². The van der Waals surface area contributed by atoms with Gasteiger partial charge in [0.1, 0.15) is 18.8 Å². The summed E-state index contributed by atoms with van der Waals surface area (Å²) in [5.41, 5.74) is 4.42. The van der Waals surface area contributed by atoms with Gasteiger partial charge >= 0.3 is 12.1 Å². The SMILES string of the molecule is O=C(O)C1CC(F)CCN1C(=O)OCC1c2ccccc2-c2ccccc21. The van der Waals surface area contributed by atoms with Crippen molar-refractivity contribution in [1.29, 1.82) is 0 Å². The number of alkyl halides is 1. The lowest BCUT2D eigenvalue weighted by atomic mass is 9.98. The second-order valence-electron chi connectivity index (χ2n) is 6.97. The van der Waals surface area contributed by atoms with Gasteiger partial charge in [-0.15, -0.1) is 0 Å². The van der Waals surface area contributed by atoms with Gasteiger partial charge in [0, 0.05) is 18.9 Å². The van der Waals surface area contributed by atoms with Crippen molar-refractivity contribution in [3.63, 3.8) is 0 Å². The number of likely N-dealkylation sites (tertiary alicyclic amines) is 1. The predicted octanol–water partition coefficient (Wildman–Crippen LogP) is 3.82. The summed E-state index contributed by atoms with van der Waals surface area (Å²) >= 11 is 0. The van der Waals surface area contributed by atoms with Gasteiger partial charge in [0.15, 0.2) is 0 Å². The standard InChI is InChI=1S/C21H20FNO4/c22-13-9-10-23(19(11-13)20(24)25)21(26)27-12-18-16-7-3-1-5-14(16)15-6-2-4-8-17(15)18/h1-8,13,18-19H,9-12H2,(H,24,25). The van der Waals surface area contributed by atoms with Crippen molar-refractivity contribution in [2.24, 2.45) is 0 Å². The van der Waals surface area contributed by atoms with E-state index in [1.807, 2.05) is 48.5 Å². The fourth-order valence-electron chi connectivity index (χ4n) is 4.05. The molecule has 1 saturated heterocycles. The van der Waals surface area contributed by atoms with E-state index in [-0.39, 0.29) is 31.9 Å². The average molecular weight is 369 g/mol. The second kappa shape index (κ2) is 7.02. The van der Waals surface area contributed by atoms with E-state index < -0.39 is 24.3 Å². The number of carbonyl (C=O) groups excluding carboxylic acids is 1. The lowest BCUT2D eigenvalue weighted by Crippen LogP contribution is -2.51. The molecule has 1 N–H and O–H groups in total. The Hall–Kier alpha value is -2.89. The van der Waals surface area contributed by atoms with Crippen LogP contribution in [0.5, 0.6) is 0 Å². The fourth-order valence-corrected chi connectivity index (χ4v) is 4.05. The molecule has 2 aromatic rings. The highest BCUT2D eigenvalue weighted by Gasteiger charge is 2.38. The van der Waals surface area contributed by atoms with E-state index in [2.05, 4.69) is 0 Å². The maximum atomic E-state index is 13.6. The molecule has 0 saturated carbocycles. The van der Waals surface area contributed by atoms with Crippen LogP contribution >= 0.6 is 0 Å². The summed E-state index contributed by atoms with van der Waals surface area (Å²) in [5, 5.41) is 9.30. The highest BCUT2D eigenvalue weighted by atomic mass is 19.1. The molecule has 6 heteroatoms. The number of ether oxygens (including phenoxy) is 1. The molecule has 1 aliphatic heterocycles. The van der Waals surface area contributed by atoms with Crippen LogP contribution in [0.4, 0.5) is 9.18 Å². The van der Waals surface area contributed by atoms with E-state index in [9.17, 15) is 19.1 Å². The molecule has 0 spiro atoms. The highest BCUT2D eigenvalue weighted by molar-refractivity contribution is 5.81. The van der Waals surface area contributed by atoms with E-state index in [1.54, 1.807) is 0 Å². The van der Waals surface area contributed by atoms with Crippen molar-refractivity contribution in [3.8, 4) is 11.1 Å². The Kier molecular flexibility index (Phi) is 4.56. The highest BCUT2D eigenvalue weighted by Crippen LogP contribution is 2.44. The Balaban J connectivity index is 1.52. The maximum absolute atomic E-state index is 13.6. The first-order valence-electron chi connectivity index (χ1n) is 9.04. The first-order chi connectivity index (χ1) is 13.1. The third-order valence-electron chi connectivity index (χ3n) is 5.39. The lowest BCUT2D eigenvalue weighted by molar-refractivity contribution is -0.144. The topological polar surface area (TPSA) is 66.8 Å². The summed E-state index contributed by atoms with van der Waals surface area (Å²) in [5.74, 6) is -1.30. The van der Waals surface area contributed by atoms with E-state index in [4.69, 9.17) is 4.74 Å². The second-order valence-corrected chi connectivity index (χ2v) is 6.97. The fraction of sp³-hybridized carbons (Fsp3) is 0.333. The van der Waals surface area contributed by atoms with E-state index in [0.29, 0.717) is 0 Å². The zero-order valence-corrected chi connectivity index (χ0v) is 14.7. The van der Waals surface area contributed by atoms with E-state index in [0.717, 1.165) is 27.2 Å². The number of hydrogen-bond acceptors (Lipinski definition) is 3. The van der Waals surface area contributed by atoms with Gasteiger partial charge in [-0.2, -0.15) is 0 Å². The van der Waals surface area contributed by atoms with Gasteiger partial charge in [-0.3, -0.25) is 4.90 Å². The molecule has 0 radical (unpaired) electrons. The number of nitrogens with zero attached hydrogens (tertiary/aromatic N) is 1. The third-order valence-corrected chi connectivity index (χ3v) is 5.39. The van der Waals surface area contributed by atoms with Crippen LogP contribution in [0.3, 0.4) is 0 Å². The molecule has 140 valence electrons. The number of fused-ring (bicyclic) bond motifs is 3. The summed E-state index contributed by atoms with van der Waals surface area (Å²) in [7, 11) is 0. The number of carboxylic acids is 1. The van der Waals surface area contributed by atoms with Gasteiger partial charge in [-0.05, 0) is 28.7 Å². The summed E-state index contributed by atoms with van der Waals surface area (Å²) in [6, 6.07) is 14.8. The van der Waals surface area contributed by atoms with Gasteiger partial charge in [0.2, 0.25) is 0 Å². The van der Waals surface area contributed by atoms with Crippen LogP contribution in [0, 0.1) is 0 Å². The van der Waals surface area contributed by atoms with Crippen LogP contribution in [-0.4, -0.2) is 47.4 Å². The number of hydrogen-bond donors (Lipinski definition) is 1. The Labute approximate surface area is 156 Å². The molecule has 1 fully saturated rings. The monoisotopic (exact) mass is 369 g/mol. The van der Waals surface area contributed by atoms with Gasteiger partial charge in [0.25, 0.3) is 0 Å². The predicted molar refractivity (Wildman–Crippen MR) is 97.3 cm³/mol. The van der Waals surface area contributed by atoms with Gasteiger partial charge < -0.3 is 9.84 Å². The molecular weight excluding hydrogens is 349 g/mol. The van der Waals surface area contributed by atoms with Gasteiger partial charge in [-0.25, -0.2) is 14.0 Å². The number of carboxylic acid groups (broad SMARTS) is 1. The summed E-state index contributed by atoms with van der Waals surface area (Å²) in [6.07, 6.45) is -1.96. The van der Waals surface area contributed by atoms with Crippen molar-refractivity contribution >= 4 is 12.1 Å². The molecule has 4 rings (SSSR count). The normalized spacial score (nSPS) is 21.4. The van der Waals surface area contributed by atoms with Crippen LogP contribution < -0.4 is 0 Å². The third kappa shape index (κ3) is 3.16. The molecule has 2 aliphatic rings. The average Bonchev–Trinajstić information content (AvgIpc) is 3.00. The molecular formula is C21H20FNO4. The number of benzene rings is 2. The molecule has 0 bridgehead atoms. The number of piperidine rings is 1. The zero-order chi connectivity index (χ0) is 19.0. The quantitative estimate of drug-likeness (QED) is 0.893. The van der Waals surface area contributed by atoms with Crippen molar-refractivity contribution in [2.75, 3.05) is 13.2 Å². The summed E-state index contributed by atoms with van der Waals surface area (Å²) < 4.78 is 19.0. The largest absolute Gasteiger partial charge is 0.480 e.